The molecule has 0 aliphatic rings. The normalized spacial score (nSPS) is 10.4. The standard InChI is InChI=1S/C21H21FN4O2/c1-14-6-8-16(9-7-14)12-23-19(27)13-28-20-10-15(2)24-21(26-20)25-18-5-3-4-17(22)11-18/h3-11H,12-13H2,1-2H3,(H,23,27)(H,24,25,26). The number of nitrogens with zero attached hydrogens (tertiary/aromatic N) is 2. The van der Waals surface area contributed by atoms with Crippen molar-refractivity contribution in [2.75, 3.05) is 11.9 Å². The molecule has 1 heterocycles. The van der Waals surface area contributed by atoms with Gasteiger partial charge in [0.2, 0.25) is 11.8 Å². The lowest BCUT2D eigenvalue weighted by molar-refractivity contribution is -0.123. The molecule has 0 bridgehead atoms. The second-order valence-corrected chi connectivity index (χ2v) is 6.36. The van der Waals surface area contributed by atoms with E-state index in [1.807, 2.05) is 31.2 Å². The van der Waals surface area contributed by atoms with Crippen molar-refractivity contribution in [3.05, 3.63) is 77.2 Å². The predicted octanol–water partition coefficient (Wildman–Crippen LogP) is 3.67. The number of carbonyl (C=O) groups is 1. The van der Waals surface area contributed by atoms with Crippen LogP contribution in [0.2, 0.25) is 0 Å². The van der Waals surface area contributed by atoms with Gasteiger partial charge in [0, 0.05) is 24.0 Å². The topological polar surface area (TPSA) is 76.1 Å². The largest absolute Gasteiger partial charge is 0.467 e. The van der Waals surface area contributed by atoms with E-state index in [2.05, 4.69) is 20.6 Å². The van der Waals surface area contributed by atoms with Gasteiger partial charge in [0.1, 0.15) is 5.82 Å². The maximum absolute atomic E-state index is 13.3. The number of anilines is 2. The molecule has 1 amide bonds. The number of carbonyl (C=O) groups excluding carboxylic acids is 1. The number of hydrogen-bond acceptors (Lipinski definition) is 5. The van der Waals surface area contributed by atoms with E-state index in [4.69, 9.17) is 4.74 Å². The second kappa shape index (κ2) is 8.94. The van der Waals surface area contributed by atoms with Crippen LogP contribution < -0.4 is 15.4 Å². The van der Waals surface area contributed by atoms with Crippen molar-refractivity contribution < 1.29 is 13.9 Å². The van der Waals surface area contributed by atoms with Crippen molar-refractivity contribution in [2.45, 2.75) is 20.4 Å². The van der Waals surface area contributed by atoms with Gasteiger partial charge in [-0.05, 0) is 37.6 Å². The fourth-order valence-electron chi connectivity index (χ4n) is 2.46. The van der Waals surface area contributed by atoms with Crippen LogP contribution in [0.15, 0.2) is 54.6 Å². The molecule has 0 atom stereocenters. The Morgan fingerprint density at radius 2 is 1.86 bits per heavy atom. The number of aryl methyl sites for hydroxylation is 2. The molecule has 0 saturated carbocycles. The van der Waals surface area contributed by atoms with Crippen molar-refractivity contribution in [2.24, 2.45) is 0 Å². The zero-order valence-electron chi connectivity index (χ0n) is 15.7. The fourth-order valence-corrected chi connectivity index (χ4v) is 2.46. The Balaban J connectivity index is 1.55. The third kappa shape index (κ3) is 5.77. The quantitative estimate of drug-likeness (QED) is 0.654. The number of aromatic nitrogens is 2. The summed E-state index contributed by atoms with van der Waals surface area (Å²) in [5, 5.41) is 5.72. The summed E-state index contributed by atoms with van der Waals surface area (Å²) in [6.07, 6.45) is 0. The van der Waals surface area contributed by atoms with E-state index in [0.29, 0.717) is 17.9 Å². The van der Waals surface area contributed by atoms with Crippen LogP contribution in [0, 0.1) is 19.7 Å². The number of halogens is 1. The van der Waals surface area contributed by atoms with Gasteiger partial charge in [-0.1, -0.05) is 35.9 Å². The number of ether oxygens (including phenoxy) is 1. The average Bonchev–Trinajstić information content (AvgIpc) is 2.65. The van der Waals surface area contributed by atoms with Crippen molar-refractivity contribution >= 4 is 17.5 Å². The van der Waals surface area contributed by atoms with Crippen molar-refractivity contribution in [3.63, 3.8) is 0 Å². The molecule has 0 radical (unpaired) electrons. The maximum atomic E-state index is 13.3. The van der Waals surface area contributed by atoms with Crippen LogP contribution in [0.25, 0.3) is 0 Å². The minimum Gasteiger partial charge on any atom is -0.467 e. The van der Waals surface area contributed by atoms with Gasteiger partial charge in [-0.25, -0.2) is 9.37 Å². The zero-order chi connectivity index (χ0) is 19.9. The molecule has 3 aromatic rings. The van der Waals surface area contributed by atoms with Crippen LogP contribution in [0.3, 0.4) is 0 Å². The molecule has 6 nitrogen and oxygen atoms in total. The van der Waals surface area contributed by atoms with Crippen LogP contribution >= 0.6 is 0 Å². The predicted molar refractivity (Wildman–Crippen MR) is 105 cm³/mol. The van der Waals surface area contributed by atoms with E-state index in [1.54, 1.807) is 25.1 Å². The van der Waals surface area contributed by atoms with E-state index in [0.717, 1.165) is 5.56 Å². The van der Waals surface area contributed by atoms with Crippen LogP contribution in [-0.4, -0.2) is 22.5 Å². The lowest BCUT2D eigenvalue weighted by Crippen LogP contribution is -2.28. The zero-order valence-corrected chi connectivity index (χ0v) is 15.7. The van der Waals surface area contributed by atoms with Crippen LogP contribution in [0.4, 0.5) is 16.0 Å². The van der Waals surface area contributed by atoms with Gasteiger partial charge >= 0.3 is 0 Å². The summed E-state index contributed by atoms with van der Waals surface area (Å²) in [7, 11) is 0. The first-order valence-electron chi connectivity index (χ1n) is 8.81. The molecule has 28 heavy (non-hydrogen) atoms. The molecule has 0 saturated heterocycles. The van der Waals surface area contributed by atoms with Gasteiger partial charge in [0.05, 0.1) is 0 Å². The van der Waals surface area contributed by atoms with E-state index < -0.39 is 0 Å². The van der Waals surface area contributed by atoms with Gasteiger partial charge in [-0.15, -0.1) is 0 Å². The molecule has 0 unspecified atom stereocenters. The highest BCUT2D eigenvalue weighted by Crippen LogP contribution is 2.17. The molecule has 144 valence electrons. The molecule has 1 aromatic heterocycles. The monoisotopic (exact) mass is 380 g/mol. The van der Waals surface area contributed by atoms with Crippen LogP contribution in [-0.2, 0) is 11.3 Å². The number of nitrogens with one attached hydrogen (secondary N) is 2. The molecule has 3 rings (SSSR count). The second-order valence-electron chi connectivity index (χ2n) is 6.36. The smallest absolute Gasteiger partial charge is 0.258 e. The van der Waals surface area contributed by atoms with Crippen LogP contribution in [0.5, 0.6) is 5.88 Å². The molecule has 0 aliphatic carbocycles. The molecular weight excluding hydrogens is 359 g/mol. The first-order valence-corrected chi connectivity index (χ1v) is 8.81. The van der Waals surface area contributed by atoms with Gasteiger partial charge < -0.3 is 15.4 Å². The average molecular weight is 380 g/mol. The Morgan fingerprint density at radius 3 is 2.61 bits per heavy atom. The SMILES string of the molecule is Cc1ccc(CNC(=O)COc2cc(C)nc(Nc3cccc(F)c3)n2)cc1. The summed E-state index contributed by atoms with van der Waals surface area (Å²) >= 11 is 0. The molecule has 2 aromatic carbocycles. The molecule has 0 fully saturated rings. The Hall–Kier alpha value is -3.48. The van der Waals surface area contributed by atoms with Crippen molar-refractivity contribution in [1.29, 1.82) is 0 Å². The number of amides is 1. The minimum atomic E-state index is -0.362. The summed E-state index contributed by atoms with van der Waals surface area (Å²) in [6.45, 7) is 4.06. The van der Waals surface area contributed by atoms with Gasteiger partial charge in [-0.3, -0.25) is 4.79 Å². The summed E-state index contributed by atoms with van der Waals surface area (Å²) < 4.78 is 18.8. The lowest BCUT2D eigenvalue weighted by atomic mass is 10.1. The first kappa shape index (κ1) is 19.3. The lowest BCUT2D eigenvalue weighted by Gasteiger charge is -2.10. The van der Waals surface area contributed by atoms with E-state index in [1.165, 1.54) is 17.7 Å². The van der Waals surface area contributed by atoms with E-state index in [-0.39, 0.29) is 30.2 Å². The molecular formula is C21H21FN4O2. The molecule has 2 N–H and O–H groups in total. The molecule has 0 spiro atoms. The highest BCUT2D eigenvalue weighted by molar-refractivity contribution is 5.77. The number of hydrogen-bond donors (Lipinski definition) is 2. The Kier molecular flexibility index (Phi) is 6.16. The number of rotatable bonds is 7. The maximum Gasteiger partial charge on any atom is 0.258 e. The summed E-state index contributed by atoms with van der Waals surface area (Å²) in [5.74, 6) is -0.0894. The summed E-state index contributed by atoms with van der Waals surface area (Å²) in [6, 6.07) is 15.5. The van der Waals surface area contributed by atoms with Crippen molar-refractivity contribution in [1.82, 2.24) is 15.3 Å². The fraction of sp³-hybridized carbons (Fsp3) is 0.190. The molecule has 0 aliphatic heterocycles. The molecule has 7 heteroatoms. The Bertz CT molecular complexity index is 961. The van der Waals surface area contributed by atoms with Crippen LogP contribution in [0.1, 0.15) is 16.8 Å². The minimum absolute atomic E-state index is 0.165. The first-order chi connectivity index (χ1) is 13.5. The third-order valence-electron chi connectivity index (χ3n) is 3.87. The summed E-state index contributed by atoms with van der Waals surface area (Å²) in [5.41, 5.74) is 3.36. The summed E-state index contributed by atoms with van der Waals surface area (Å²) in [4.78, 5) is 20.5. The van der Waals surface area contributed by atoms with E-state index in [9.17, 15) is 9.18 Å². The highest BCUT2D eigenvalue weighted by atomic mass is 19.1. The van der Waals surface area contributed by atoms with Gasteiger partial charge in [-0.2, -0.15) is 4.98 Å². The van der Waals surface area contributed by atoms with E-state index >= 15 is 0 Å². The number of benzene rings is 2. The highest BCUT2D eigenvalue weighted by Gasteiger charge is 2.08. The van der Waals surface area contributed by atoms with Crippen molar-refractivity contribution in [3.8, 4) is 5.88 Å². The Morgan fingerprint density at radius 1 is 1.07 bits per heavy atom. The Labute approximate surface area is 162 Å². The third-order valence-corrected chi connectivity index (χ3v) is 3.87. The van der Waals surface area contributed by atoms with Gasteiger partial charge in [0.15, 0.2) is 6.61 Å². The van der Waals surface area contributed by atoms with Gasteiger partial charge in [0.25, 0.3) is 5.91 Å².